The lowest BCUT2D eigenvalue weighted by Crippen LogP contribution is -2.27. The van der Waals surface area contributed by atoms with Crippen molar-refractivity contribution in [1.82, 2.24) is 4.57 Å². The standard InChI is InChI=1S/C16H10ClF3N2O3/c17-13-5-12(16(18,19)20)7-22(15(13)24)8-14(23)25-9-11-3-1-10(6-21)2-4-11/h1-5,7H,8-9H2. The number of halogens is 4. The molecule has 0 N–H and O–H groups in total. The normalized spacial score (nSPS) is 11.0. The number of alkyl halides is 3. The van der Waals surface area contributed by atoms with Crippen molar-refractivity contribution in [3.8, 4) is 6.07 Å². The fraction of sp³-hybridized carbons (Fsp3) is 0.188. The number of aromatic nitrogens is 1. The van der Waals surface area contributed by atoms with Crippen molar-refractivity contribution >= 4 is 17.6 Å². The largest absolute Gasteiger partial charge is 0.459 e. The summed E-state index contributed by atoms with van der Waals surface area (Å²) >= 11 is 5.50. The number of nitriles is 1. The predicted molar refractivity (Wildman–Crippen MR) is 81.7 cm³/mol. The van der Waals surface area contributed by atoms with Crippen LogP contribution in [-0.2, 0) is 28.9 Å². The maximum atomic E-state index is 12.7. The van der Waals surface area contributed by atoms with E-state index in [-0.39, 0.29) is 6.61 Å². The Morgan fingerprint density at radius 2 is 1.92 bits per heavy atom. The van der Waals surface area contributed by atoms with Crippen molar-refractivity contribution in [2.75, 3.05) is 0 Å². The van der Waals surface area contributed by atoms with Crippen LogP contribution in [-0.4, -0.2) is 10.5 Å². The molecule has 0 aliphatic rings. The van der Waals surface area contributed by atoms with Crippen LogP contribution < -0.4 is 5.56 Å². The summed E-state index contributed by atoms with van der Waals surface area (Å²) in [5.41, 5.74) is -1.05. The van der Waals surface area contributed by atoms with Gasteiger partial charge in [-0.15, -0.1) is 0 Å². The second-order valence-electron chi connectivity index (χ2n) is 4.98. The second-order valence-corrected chi connectivity index (χ2v) is 5.38. The minimum Gasteiger partial charge on any atom is -0.459 e. The highest BCUT2D eigenvalue weighted by Crippen LogP contribution is 2.29. The molecule has 1 heterocycles. The molecule has 0 aliphatic carbocycles. The van der Waals surface area contributed by atoms with Crippen LogP contribution in [0.15, 0.2) is 41.3 Å². The molecule has 25 heavy (non-hydrogen) atoms. The Bertz CT molecular complexity index is 883. The molecule has 1 aromatic heterocycles. The number of hydrogen-bond acceptors (Lipinski definition) is 4. The minimum absolute atomic E-state index is 0.147. The second kappa shape index (κ2) is 7.40. The fourth-order valence-corrected chi connectivity index (χ4v) is 2.12. The highest BCUT2D eigenvalue weighted by Gasteiger charge is 2.32. The van der Waals surface area contributed by atoms with Crippen LogP contribution >= 0.6 is 11.6 Å². The molecule has 0 fully saturated rings. The molecule has 0 spiro atoms. The average molecular weight is 371 g/mol. The Morgan fingerprint density at radius 3 is 2.48 bits per heavy atom. The minimum atomic E-state index is -4.70. The quantitative estimate of drug-likeness (QED) is 0.775. The zero-order valence-electron chi connectivity index (χ0n) is 12.5. The fourth-order valence-electron chi connectivity index (χ4n) is 1.90. The molecule has 5 nitrogen and oxygen atoms in total. The summed E-state index contributed by atoms with van der Waals surface area (Å²) in [5.74, 6) is -0.901. The van der Waals surface area contributed by atoms with Gasteiger partial charge in [-0.25, -0.2) is 0 Å². The van der Waals surface area contributed by atoms with Crippen molar-refractivity contribution < 1.29 is 22.7 Å². The maximum absolute atomic E-state index is 12.7. The molecule has 0 saturated heterocycles. The zero-order chi connectivity index (χ0) is 18.6. The van der Waals surface area contributed by atoms with E-state index in [0.717, 1.165) is 0 Å². The molecule has 0 atom stereocenters. The first-order chi connectivity index (χ1) is 11.7. The van der Waals surface area contributed by atoms with Gasteiger partial charge in [0.1, 0.15) is 18.2 Å². The average Bonchev–Trinajstić information content (AvgIpc) is 2.56. The van der Waals surface area contributed by atoms with Gasteiger partial charge in [0, 0.05) is 6.20 Å². The Balaban J connectivity index is 2.08. The number of carbonyl (C=O) groups is 1. The number of carbonyl (C=O) groups excluding carboxylic acids is 1. The summed E-state index contributed by atoms with van der Waals surface area (Å²) in [4.78, 5) is 23.5. The van der Waals surface area contributed by atoms with Crippen LogP contribution in [0.4, 0.5) is 13.2 Å². The Hall–Kier alpha value is -2.79. The monoisotopic (exact) mass is 370 g/mol. The van der Waals surface area contributed by atoms with Gasteiger partial charge in [-0.1, -0.05) is 23.7 Å². The molecule has 0 radical (unpaired) electrons. The van der Waals surface area contributed by atoms with E-state index in [1.54, 1.807) is 12.1 Å². The molecule has 0 amide bonds. The number of ether oxygens (including phenoxy) is 1. The van der Waals surface area contributed by atoms with Crippen LogP contribution in [0, 0.1) is 11.3 Å². The molecule has 2 rings (SSSR count). The summed E-state index contributed by atoms with van der Waals surface area (Å²) in [7, 11) is 0. The first kappa shape index (κ1) is 18.5. The first-order valence-corrected chi connectivity index (χ1v) is 7.20. The van der Waals surface area contributed by atoms with E-state index in [0.29, 0.717) is 28.0 Å². The molecule has 130 valence electrons. The van der Waals surface area contributed by atoms with E-state index in [1.807, 2.05) is 6.07 Å². The molecule has 9 heteroatoms. The van der Waals surface area contributed by atoms with Crippen LogP contribution in [0.25, 0.3) is 0 Å². The third-order valence-electron chi connectivity index (χ3n) is 3.15. The first-order valence-electron chi connectivity index (χ1n) is 6.82. The summed E-state index contributed by atoms with van der Waals surface area (Å²) < 4.78 is 43.7. The van der Waals surface area contributed by atoms with E-state index in [9.17, 15) is 22.8 Å². The van der Waals surface area contributed by atoms with Crippen molar-refractivity contribution in [3.63, 3.8) is 0 Å². The lowest BCUT2D eigenvalue weighted by molar-refractivity contribution is -0.146. The van der Waals surface area contributed by atoms with E-state index in [4.69, 9.17) is 21.6 Å². The molecule has 1 aromatic carbocycles. The van der Waals surface area contributed by atoms with E-state index in [1.165, 1.54) is 12.1 Å². The topological polar surface area (TPSA) is 72.1 Å². The van der Waals surface area contributed by atoms with Crippen molar-refractivity contribution in [2.24, 2.45) is 0 Å². The summed E-state index contributed by atoms with van der Waals surface area (Å²) in [6.07, 6.45) is -4.19. The summed E-state index contributed by atoms with van der Waals surface area (Å²) in [5, 5.41) is 8.04. The molecule has 0 saturated carbocycles. The highest BCUT2D eigenvalue weighted by molar-refractivity contribution is 6.30. The lowest BCUT2D eigenvalue weighted by atomic mass is 10.2. The van der Waals surface area contributed by atoms with Gasteiger partial charge in [0.2, 0.25) is 0 Å². The van der Waals surface area contributed by atoms with Gasteiger partial charge in [-0.2, -0.15) is 18.4 Å². The van der Waals surface area contributed by atoms with Crippen molar-refractivity contribution in [2.45, 2.75) is 19.3 Å². The Kier molecular flexibility index (Phi) is 5.49. The number of nitrogens with zero attached hydrogens (tertiary/aromatic N) is 2. The zero-order valence-corrected chi connectivity index (χ0v) is 13.3. The van der Waals surface area contributed by atoms with Crippen LogP contribution in [0.1, 0.15) is 16.7 Å². The molecule has 2 aromatic rings. The number of benzene rings is 1. The van der Waals surface area contributed by atoms with Gasteiger partial charge in [0.05, 0.1) is 17.2 Å². The maximum Gasteiger partial charge on any atom is 0.417 e. The van der Waals surface area contributed by atoms with Gasteiger partial charge in [0.25, 0.3) is 5.56 Å². The lowest BCUT2D eigenvalue weighted by Gasteiger charge is -2.11. The number of hydrogen-bond donors (Lipinski definition) is 0. The Morgan fingerprint density at radius 1 is 1.28 bits per heavy atom. The third-order valence-corrected chi connectivity index (χ3v) is 3.42. The van der Waals surface area contributed by atoms with E-state index < -0.39 is 34.8 Å². The van der Waals surface area contributed by atoms with Gasteiger partial charge in [-0.05, 0) is 23.8 Å². The number of pyridine rings is 1. The van der Waals surface area contributed by atoms with Crippen molar-refractivity contribution in [3.05, 3.63) is 68.6 Å². The van der Waals surface area contributed by atoms with Gasteiger partial charge < -0.3 is 9.30 Å². The molecule has 0 bridgehead atoms. The van der Waals surface area contributed by atoms with E-state index >= 15 is 0 Å². The SMILES string of the molecule is N#Cc1ccc(COC(=O)Cn2cc(C(F)(F)F)cc(Cl)c2=O)cc1. The van der Waals surface area contributed by atoms with Crippen LogP contribution in [0.5, 0.6) is 0 Å². The molecular weight excluding hydrogens is 361 g/mol. The molecule has 0 unspecified atom stereocenters. The Labute approximate surface area is 144 Å². The number of esters is 1. The van der Waals surface area contributed by atoms with Gasteiger partial charge in [0.15, 0.2) is 0 Å². The third kappa shape index (κ3) is 4.84. The summed E-state index contributed by atoms with van der Waals surface area (Å²) in [6, 6.07) is 8.63. The van der Waals surface area contributed by atoms with Crippen LogP contribution in [0.2, 0.25) is 5.02 Å². The molecular formula is C16H10ClF3N2O3. The van der Waals surface area contributed by atoms with Gasteiger partial charge in [-0.3, -0.25) is 9.59 Å². The smallest absolute Gasteiger partial charge is 0.417 e. The van der Waals surface area contributed by atoms with Crippen LogP contribution in [0.3, 0.4) is 0 Å². The summed E-state index contributed by atoms with van der Waals surface area (Å²) in [6.45, 7) is -0.856. The number of rotatable bonds is 4. The van der Waals surface area contributed by atoms with E-state index in [2.05, 4.69) is 0 Å². The predicted octanol–water partition coefficient (Wildman–Crippen LogP) is 3.14. The van der Waals surface area contributed by atoms with Crippen molar-refractivity contribution in [1.29, 1.82) is 5.26 Å². The van der Waals surface area contributed by atoms with Gasteiger partial charge >= 0.3 is 12.1 Å². The molecule has 0 aliphatic heterocycles. The highest BCUT2D eigenvalue weighted by atomic mass is 35.5.